The van der Waals surface area contributed by atoms with E-state index >= 15 is 0 Å². The third kappa shape index (κ3) is 5.23. The summed E-state index contributed by atoms with van der Waals surface area (Å²) in [6.45, 7) is 12.1. The van der Waals surface area contributed by atoms with Crippen LogP contribution >= 0.6 is 11.6 Å². The molecule has 11 atom stereocenters. The number of hydrogen-bond donors (Lipinski definition) is 1. The molecule has 1 spiro atoms. The molecule has 2 saturated carbocycles. The Morgan fingerprint density at radius 3 is 2.02 bits per heavy atom. The molecule has 4 fully saturated rings. The summed E-state index contributed by atoms with van der Waals surface area (Å²) >= 11 is 6.84. The monoisotopic (exact) mass is 600 g/mol. The lowest BCUT2D eigenvalue weighted by atomic mass is 9.52. The number of esters is 5. The van der Waals surface area contributed by atoms with Crippen LogP contribution in [0.5, 0.6) is 0 Å². The molecule has 41 heavy (non-hydrogen) atoms. The molecule has 0 radical (unpaired) electrons. The zero-order chi connectivity index (χ0) is 30.7. The molecule has 12 nitrogen and oxygen atoms in total. The quantitative estimate of drug-likeness (QED) is 0.164. The molecule has 4 aliphatic rings. The van der Waals surface area contributed by atoms with Crippen LogP contribution < -0.4 is 0 Å². The first-order valence-electron chi connectivity index (χ1n) is 13.6. The second-order valence-electron chi connectivity index (χ2n) is 11.7. The number of epoxide rings is 1. The molecule has 2 saturated heterocycles. The lowest BCUT2D eigenvalue weighted by Gasteiger charge is -2.57. The van der Waals surface area contributed by atoms with E-state index in [4.69, 9.17) is 40.0 Å². The van der Waals surface area contributed by atoms with Gasteiger partial charge in [0.15, 0.2) is 11.7 Å². The van der Waals surface area contributed by atoms with Gasteiger partial charge in [-0.2, -0.15) is 0 Å². The Labute approximate surface area is 242 Å². The minimum Gasteiger partial charge on any atom is -0.462 e. The highest BCUT2D eigenvalue weighted by Crippen LogP contribution is 2.62. The van der Waals surface area contributed by atoms with Crippen LogP contribution in [0.4, 0.5) is 0 Å². The van der Waals surface area contributed by atoms with E-state index in [9.17, 15) is 29.1 Å². The standard InChI is InChI=1S/C28H37ClO12/c1-12-18(37-14(3)30)10-20(39-16(5)32)26(7)19(38-15(4)31)8-9-27(11-36-27)22(26)24(40-17(6)33)28(35)13(2)25(34)41-23(28)21(12)29/h13,18-24,35H,1,8-11H2,2-7H3. The van der Waals surface area contributed by atoms with E-state index in [2.05, 4.69) is 6.58 Å². The fraction of sp³-hybridized carbons (Fsp3) is 0.750. The smallest absolute Gasteiger partial charge is 0.312 e. The average Bonchev–Trinajstić information content (AvgIpc) is 3.59. The van der Waals surface area contributed by atoms with Crippen molar-refractivity contribution in [3.8, 4) is 0 Å². The largest absolute Gasteiger partial charge is 0.462 e. The van der Waals surface area contributed by atoms with E-state index in [-0.39, 0.29) is 25.0 Å². The second-order valence-corrected chi connectivity index (χ2v) is 12.2. The zero-order valence-electron chi connectivity index (χ0n) is 24.0. The van der Waals surface area contributed by atoms with E-state index in [0.717, 1.165) is 6.92 Å². The molecule has 0 aromatic heterocycles. The van der Waals surface area contributed by atoms with Gasteiger partial charge < -0.3 is 33.5 Å². The Kier molecular flexibility index (Phi) is 8.27. The summed E-state index contributed by atoms with van der Waals surface area (Å²) in [6, 6.07) is 0. The van der Waals surface area contributed by atoms with Gasteiger partial charge in [-0.15, -0.1) is 11.6 Å². The Bertz CT molecular complexity index is 1150. The number of carbonyl (C=O) groups is 5. The number of aliphatic hydroxyl groups is 1. The second kappa shape index (κ2) is 10.9. The molecule has 0 aromatic rings. The molecule has 0 bridgehead atoms. The van der Waals surface area contributed by atoms with Gasteiger partial charge in [-0.25, -0.2) is 0 Å². The van der Waals surface area contributed by atoms with Gasteiger partial charge >= 0.3 is 29.8 Å². The molecule has 0 aromatic carbocycles. The first-order valence-corrected chi connectivity index (χ1v) is 14.0. The number of hydrogen-bond acceptors (Lipinski definition) is 12. The molecule has 13 heteroatoms. The van der Waals surface area contributed by atoms with E-state index in [1.165, 1.54) is 27.7 Å². The van der Waals surface area contributed by atoms with Gasteiger partial charge in [0.25, 0.3) is 0 Å². The predicted octanol–water partition coefficient (Wildman–Crippen LogP) is 1.76. The van der Waals surface area contributed by atoms with Crippen molar-refractivity contribution >= 4 is 41.4 Å². The lowest BCUT2D eigenvalue weighted by molar-refractivity contribution is -0.247. The first kappa shape index (κ1) is 31.2. The summed E-state index contributed by atoms with van der Waals surface area (Å²) in [4.78, 5) is 62.8. The van der Waals surface area contributed by atoms with Crippen LogP contribution in [0.1, 0.15) is 60.8 Å². The molecule has 1 N–H and O–H groups in total. The van der Waals surface area contributed by atoms with Gasteiger partial charge in [-0.05, 0) is 25.3 Å². The minimum atomic E-state index is -2.25. The number of rotatable bonds is 4. The first-order chi connectivity index (χ1) is 19.0. The van der Waals surface area contributed by atoms with Gasteiger partial charge in [0, 0.05) is 40.0 Å². The highest BCUT2D eigenvalue weighted by molar-refractivity contribution is 6.23. The molecular formula is C28H37ClO12. The molecule has 228 valence electrons. The van der Waals surface area contributed by atoms with Crippen molar-refractivity contribution in [1.82, 2.24) is 0 Å². The van der Waals surface area contributed by atoms with E-state index < -0.39 is 94.2 Å². The maximum absolute atomic E-state index is 13.1. The molecule has 2 heterocycles. The van der Waals surface area contributed by atoms with Crippen LogP contribution in [-0.2, 0) is 52.4 Å². The number of halogens is 1. The molecule has 2 aliphatic heterocycles. The SMILES string of the molecule is C=C1C(OC(C)=O)CC(OC(C)=O)C2(C)C(OC(C)=O)CCC3(CO3)C2C(OC(C)=O)C2(O)C(C)C(=O)OC2C1Cl. The summed E-state index contributed by atoms with van der Waals surface area (Å²) in [5.41, 5.74) is -4.62. The highest BCUT2D eigenvalue weighted by atomic mass is 35.5. The van der Waals surface area contributed by atoms with E-state index in [1.807, 2.05) is 0 Å². The maximum Gasteiger partial charge on any atom is 0.312 e. The third-order valence-electron chi connectivity index (χ3n) is 9.15. The van der Waals surface area contributed by atoms with Crippen molar-refractivity contribution in [2.45, 2.75) is 108 Å². The van der Waals surface area contributed by atoms with Gasteiger partial charge in [-0.1, -0.05) is 13.5 Å². The molecule has 0 amide bonds. The van der Waals surface area contributed by atoms with Crippen molar-refractivity contribution in [3.05, 3.63) is 12.2 Å². The summed E-state index contributed by atoms with van der Waals surface area (Å²) in [5, 5.41) is 11.2. The van der Waals surface area contributed by atoms with Crippen molar-refractivity contribution in [1.29, 1.82) is 0 Å². The Balaban J connectivity index is 2.06. The van der Waals surface area contributed by atoms with Crippen molar-refractivity contribution in [3.63, 3.8) is 0 Å². The summed E-state index contributed by atoms with van der Waals surface area (Å²) in [6.07, 6.45) is -5.82. The highest BCUT2D eigenvalue weighted by Gasteiger charge is 2.76. The topological polar surface area (TPSA) is 164 Å². The van der Waals surface area contributed by atoms with Crippen molar-refractivity contribution in [2.24, 2.45) is 17.3 Å². The van der Waals surface area contributed by atoms with Crippen LogP contribution in [0.25, 0.3) is 0 Å². The fourth-order valence-electron chi connectivity index (χ4n) is 7.16. The van der Waals surface area contributed by atoms with Crippen LogP contribution in [0.2, 0.25) is 0 Å². The number of fused-ring (bicyclic) bond motifs is 3. The summed E-state index contributed by atoms with van der Waals surface area (Å²) < 4.78 is 34.8. The zero-order valence-corrected chi connectivity index (χ0v) is 24.7. The van der Waals surface area contributed by atoms with Gasteiger partial charge in [-0.3, -0.25) is 24.0 Å². The normalized spacial score (nSPS) is 43.6. The van der Waals surface area contributed by atoms with Crippen molar-refractivity contribution in [2.75, 3.05) is 6.61 Å². The summed E-state index contributed by atoms with van der Waals surface area (Å²) in [5.74, 6) is -5.83. The molecular weight excluding hydrogens is 564 g/mol. The molecule has 11 unspecified atom stereocenters. The Morgan fingerprint density at radius 2 is 1.51 bits per heavy atom. The van der Waals surface area contributed by atoms with Crippen LogP contribution in [0.15, 0.2) is 12.2 Å². The van der Waals surface area contributed by atoms with Crippen LogP contribution in [-0.4, -0.2) is 88.7 Å². The maximum atomic E-state index is 13.1. The van der Waals surface area contributed by atoms with Gasteiger partial charge in [0.1, 0.15) is 24.4 Å². The van der Waals surface area contributed by atoms with Gasteiger partial charge in [0.2, 0.25) is 0 Å². The lowest BCUT2D eigenvalue weighted by Crippen LogP contribution is -2.70. The summed E-state index contributed by atoms with van der Waals surface area (Å²) in [7, 11) is 0. The van der Waals surface area contributed by atoms with E-state index in [1.54, 1.807) is 6.92 Å². The predicted molar refractivity (Wildman–Crippen MR) is 139 cm³/mol. The van der Waals surface area contributed by atoms with E-state index in [0.29, 0.717) is 6.42 Å². The van der Waals surface area contributed by atoms with Gasteiger partial charge in [0.05, 0.1) is 28.9 Å². The molecule has 2 aliphatic carbocycles. The Hall–Kier alpha value is -2.70. The Morgan fingerprint density at radius 1 is 0.976 bits per heavy atom. The molecule has 4 rings (SSSR count). The third-order valence-corrected chi connectivity index (χ3v) is 9.66. The number of ether oxygens (including phenoxy) is 6. The van der Waals surface area contributed by atoms with Crippen LogP contribution in [0, 0.1) is 17.3 Å². The minimum absolute atomic E-state index is 0.0604. The fourth-order valence-corrected chi connectivity index (χ4v) is 7.55. The number of alkyl halides is 1. The number of carbonyl (C=O) groups excluding carboxylic acids is 5. The van der Waals surface area contributed by atoms with Crippen molar-refractivity contribution < 1.29 is 57.5 Å². The van der Waals surface area contributed by atoms with Crippen LogP contribution in [0.3, 0.4) is 0 Å². The average molecular weight is 601 g/mol.